The molecule has 0 aromatic heterocycles. The summed E-state index contributed by atoms with van der Waals surface area (Å²) < 4.78 is 81.5. The molecule has 9 heteroatoms. The van der Waals surface area contributed by atoms with Crippen molar-refractivity contribution in [3.05, 3.63) is 88.6 Å². The SMILES string of the molecule is Cc1cccc(N2C(C(F)(F)F)=C(C(=O)NCc3cccc(C(F)(F)F)c3)C=CCC2C)c1. The van der Waals surface area contributed by atoms with Crippen LogP contribution in [0.4, 0.5) is 32.0 Å². The van der Waals surface area contributed by atoms with Crippen molar-refractivity contribution in [2.45, 2.75) is 45.2 Å². The number of aryl methyl sites for hydroxylation is 1. The van der Waals surface area contributed by atoms with Crippen molar-refractivity contribution < 1.29 is 31.1 Å². The molecule has 176 valence electrons. The van der Waals surface area contributed by atoms with Gasteiger partial charge in [-0.2, -0.15) is 26.3 Å². The normalized spacial score (nSPS) is 17.2. The van der Waals surface area contributed by atoms with Crippen LogP contribution in [0.15, 0.2) is 72.0 Å². The van der Waals surface area contributed by atoms with Crippen molar-refractivity contribution >= 4 is 11.6 Å². The van der Waals surface area contributed by atoms with Crippen LogP contribution in [-0.2, 0) is 17.5 Å². The lowest BCUT2D eigenvalue weighted by atomic mass is 10.1. The van der Waals surface area contributed by atoms with Crippen LogP contribution in [-0.4, -0.2) is 18.1 Å². The van der Waals surface area contributed by atoms with Crippen molar-refractivity contribution in [2.24, 2.45) is 0 Å². The van der Waals surface area contributed by atoms with Crippen LogP contribution in [0, 0.1) is 6.92 Å². The molecule has 2 aromatic carbocycles. The van der Waals surface area contributed by atoms with Crippen LogP contribution in [0.2, 0.25) is 0 Å². The Labute approximate surface area is 187 Å². The number of benzene rings is 2. The van der Waals surface area contributed by atoms with Gasteiger partial charge in [-0.3, -0.25) is 4.79 Å². The molecule has 1 unspecified atom stereocenters. The Kier molecular flexibility index (Phi) is 6.90. The molecule has 1 heterocycles. The largest absolute Gasteiger partial charge is 0.432 e. The lowest BCUT2D eigenvalue weighted by molar-refractivity contribution is -0.137. The number of carbonyl (C=O) groups is 1. The second-order valence-electron chi connectivity index (χ2n) is 7.84. The molecule has 0 radical (unpaired) electrons. The number of nitrogens with one attached hydrogen (secondary N) is 1. The maximum Gasteiger partial charge on any atom is 0.432 e. The summed E-state index contributed by atoms with van der Waals surface area (Å²) in [5, 5.41) is 2.33. The average Bonchev–Trinajstić information content (AvgIpc) is 2.90. The highest BCUT2D eigenvalue weighted by Gasteiger charge is 2.44. The lowest BCUT2D eigenvalue weighted by Crippen LogP contribution is -2.40. The number of anilines is 1. The minimum Gasteiger partial charge on any atom is -0.348 e. The number of allylic oxidation sites excluding steroid dienone is 1. The summed E-state index contributed by atoms with van der Waals surface area (Å²) in [6, 6.07) is 10.2. The highest BCUT2D eigenvalue weighted by atomic mass is 19.4. The predicted octanol–water partition coefficient (Wildman–Crippen LogP) is 6.30. The van der Waals surface area contributed by atoms with Crippen molar-refractivity contribution in [1.82, 2.24) is 5.32 Å². The minimum atomic E-state index is -4.85. The summed E-state index contributed by atoms with van der Waals surface area (Å²) in [6.45, 7) is 3.02. The van der Waals surface area contributed by atoms with E-state index in [1.807, 2.05) is 0 Å². The van der Waals surface area contributed by atoms with E-state index in [-0.39, 0.29) is 18.5 Å². The van der Waals surface area contributed by atoms with Gasteiger partial charge in [-0.05, 0) is 55.7 Å². The fraction of sp³-hybridized carbons (Fsp3) is 0.292. The zero-order valence-electron chi connectivity index (χ0n) is 17.9. The van der Waals surface area contributed by atoms with Crippen molar-refractivity contribution in [1.29, 1.82) is 0 Å². The molecule has 0 aliphatic carbocycles. The zero-order valence-corrected chi connectivity index (χ0v) is 17.9. The van der Waals surface area contributed by atoms with Gasteiger partial charge in [0.1, 0.15) is 5.70 Å². The Morgan fingerprint density at radius 3 is 2.36 bits per heavy atom. The molecular formula is C24H22F6N2O. The maximum absolute atomic E-state index is 14.3. The molecular weight excluding hydrogens is 446 g/mol. The first-order valence-electron chi connectivity index (χ1n) is 10.2. The standard InChI is InChI=1S/C24H22F6N2O/c1-15-6-3-10-19(12-15)32-16(2)7-4-11-20(21(32)24(28,29)30)22(33)31-14-17-8-5-9-18(13-17)23(25,26)27/h3-6,8-13,16H,7,14H2,1-2H3,(H,31,33). The molecule has 3 nitrogen and oxygen atoms in total. The molecule has 1 N–H and O–H groups in total. The molecule has 0 saturated heterocycles. The second kappa shape index (κ2) is 9.33. The van der Waals surface area contributed by atoms with Gasteiger partial charge in [0.15, 0.2) is 0 Å². The Morgan fingerprint density at radius 2 is 1.73 bits per heavy atom. The van der Waals surface area contributed by atoms with Gasteiger partial charge in [-0.25, -0.2) is 0 Å². The first-order chi connectivity index (χ1) is 15.4. The molecule has 0 fully saturated rings. The number of nitrogens with zero attached hydrogens (tertiary/aromatic N) is 1. The highest BCUT2D eigenvalue weighted by molar-refractivity contribution is 5.98. The maximum atomic E-state index is 14.3. The summed E-state index contributed by atoms with van der Waals surface area (Å²) in [6.07, 6.45) is -6.55. The number of hydrogen-bond acceptors (Lipinski definition) is 2. The molecule has 1 aliphatic heterocycles. The molecule has 0 bridgehead atoms. The number of alkyl halides is 6. The van der Waals surface area contributed by atoms with Gasteiger partial charge in [-0.1, -0.05) is 36.4 Å². The van der Waals surface area contributed by atoms with Crippen LogP contribution in [0.1, 0.15) is 30.0 Å². The quantitative estimate of drug-likeness (QED) is 0.534. The van der Waals surface area contributed by atoms with E-state index < -0.39 is 41.1 Å². The van der Waals surface area contributed by atoms with E-state index in [0.717, 1.165) is 28.7 Å². The molecule has 0 saturated carbocycles. The lowest BCUT2D eigenvalue weighted by Gasteiger charge is -2.34. The van der Waals surface area contributed by atoms with Crippen molar-refractivity contribution in [2.75, 3.05) is 4.90 Å². The first kappa shape index (κ1) is 24.4. The summed E-state index contributed by atoms with van der Waals surface area (Å²) in [4.78, 5) is 13.9. The van der Waals surface area contributed by atoms with Crippen LogP contribution in [0.3, 0.4) is 0 Å². The Morgan fingerprint density at radius 1 is 1.03 bits per heavy atom. The van der Waals surface area contributed by atoms with E-state index in [9.17, 15) is 31.1 Å². The molecule has 33 heavy (non-hydrogen) atoms. The van der Waals surface area contributed by atoms with Gasteiger partial charge in [0.05, 0.1) is 11.1 Å². The van der Waals surface area contributed by atoms with Crippen LogP contribution in [0.25, 0.3) is 0 Å². The molecule has 3 rings (SSSR count). The highest BCUT2D eigenvalue weighted by Crippen LogP contribution is 2.39. The summed E-state index contributed by atoms with van der Waals surface area (Å²) in [7, 11) is 0. The fourth-order valence-corrected chi connectivity index (χ4v) is 3.69. The molecule has 1 amide bonds. The van der Waals surface area contributed by atoms with Crippen molar-refractivity contribution in [3.8, 4) is 0 Å². The third-order valence-corrected chi connectivity index (χ3v) is 5.20. The summed E-state index contributed by atoms with van der Waals surface area (Å²) >= 11 is 0. The van der Waals surface area contributed by atoms with Gasteiger partial charge < -0.3 is 10.2 Å². The smallest absolute Gasteiger partial charge is 0.348 e. The van der Waals surface area contributed by atoms with Gasteiger partial charge >= 0.3 is 12.4 Å². The molecule has 0 spiro atoms. The topological polar surface area (TPSA) is 32.3 Å². The van der Waals surface area contributed by atoms with Crippen LogP contribution in [0.5, 0.6) is 0 Å². The van der Waals surface area contributed by atoms with Gasteiger partial charge in [0.2, 0.25) is 0 Å². The number of rotatable bonds is 4. The van der Waals surface area contributed by atoms with Crippen molar-refractivity contribution in [3.63, 3.8) is 0 Å². The monoisotopic (exact) mass is 468 g/mol. The third kappa shape index (κ3) is 5.77. The van der Waals surface area contributed by atoms with E-state index in [1.54, 1.807) is 38.1 Å². The Bertz CT molecular complexity index is 1080. The first-order valence-corrected chi connectivity index (χ1v) is 10.2. The van der Waals surface area contributed by atoms with E-state index in [0.29, 0.717) is 5.69 Å². The number of hydrogen-bond donors (Lipinski definition) is 1. The number of carbonyl (C=O) groups excluding carboxylic acids is 1. The van der Waals surface area contributed by atoms with E-state index in [4.69, 9.17) is 0 Å². The van der Waals surface area contributed by atoms with Gasteiger partial charge in [-0.15, -0.1) is 0 Å². The summed E-state index contributed by atoms with van der Waals surface area (Å²) in [5.74, 6) is -1.03. The average molecular weight is 468 g/mol. The Hall–Kier alpha value is -3.23. The van der Waals surface area contributed by atoms with Gasteiger partial charge in [0, 0.05) is 18.3 Å². The predicted molar refractivity (Wildman–Crippen MR) is 113 cm³/mol. The van der Waals surface area contributed by atoms with E-state index >= 15 is 0 Å². The summed E-state index contributed by atoms with van der Waals surface area (Å²) in [5.41, 5.74) is -1.45. The third-order valence-electron chi connectivity index (χ3n) is 5.20. The Balaban J connectivity index is 1.98. The van der Waals surface area contributed by atoms with Crippen LogP contribution < -0.4 is 10.2 Å². The number of halogens is 6. The molecule has 2 aromatic rings. The zero-order chi connectivity index (χ0) is 24.4. The van der Waals surface area contributed by atoms with E-state index in [2.05, 4.69) is 5.32 Å². The number of amides is 1. The fourth-order valence-electron chi connectivity index (χ4n) is 3.69. The second-order valence-corrected chi connectivity index (χ2v) is 7.84. The van der Waals surface area contributed by atoms with Crippen LogP contribution >= 0.6 is 0 Å². The molecule has 1 aliphatic rings. The molecule has 1 atom stereocenters. The van der Waals surface area contributed by atoms with E-state index in [1.165, 1.54) is 18.2 Å². The minimum absolute atomic E-state index is 0.119. The van der Waals surface area contributed by atoms with Gasteiger partial charge in [0.25, 0.3) is 5.91 Å².